The minimum absolute atomic E-state index is 0.0803. The number of hydrogen-bond acceptors (Lipinski definition) is 7. The second-order valence-corrected chi connectivity index (χ2v) is 5.57. The van der Waals surface area contributed by atoms with Crippen LogP contribution in [0.1, 0.15) is 0 Å². The maximum atomic E-state index is 11.8. The smallest absolute Gasteiger partial charge is 0.258 e. The van der Waals surface area contributed by atoms with Crippen molar-refractivity contribution < 1.29 is 13.3 Å². The summed E-state index contributed by atoms with van der Waals surface area (Å²) in [6.45, 7) is 0. The van der Waals surface area contributed by atoms with Crippen LogP contribution in [0.2, 0.25) is 0 Å². The molecule has 94 valence electrons. The molecule has 1 N–H and O–H groups in total. The maximum absolute atomic E-state index is 11.8. The molecule has 0 fully saturated rings. The lowest BCUT2D eigenvalue weighted by Gasteiger charge is -2.03. The van der Waals surface area contributed by atoms with E-state index in [2.05, 4.69) is 14.1 Å². The van der Waals surface area contributed by atoms with Gasteiger partial charge in [0, 0.05) is 23.7 Å². The lowest BCUT2D eigenvalue weighted by Crippen LogP contribution is -2.12. The summed E-state index contributed by atoms with van der Waals surface area (Å²) in [4.78, 5) is 13.4. The number of benzene rings is 1. The number of nitrogens with zero attached hydrogens (tertiary/aromatic N) is 3. The molecule has 1 aromatic heterocycles. The second-order valence-electron chi connectivity index (χ2n) is 3.10. The molecule has 10 heteroatoms. The molecule has 2 rings (SSSR count). The molecule has 18 heavy (non-hydrogen) atoms. The minimum Gasteiger partial charge on any atom is -0.258 e. The summed E-state index contributed by atoms with van der Waals surface area (Å²) in [5.41, 5.74) is -0.176. The van der Waals surface area contributed by atoms with Crippen LogP contribution in [0.25, 0.3) is 0 Å². The predicted molar refractivity (Wildman–Crippen MR) is 63.8 cm³/mol. The predicted octanol–water partition coefficient (Wildman–Crippen LogP) is 1.25. The molecule has 0 aliphatic heterocycles. The van der Waals surface area contributed by atoms with Crippen LogP contribution in [0.5, 0.6) is 0 Å². The van der Waals surface area contributed by atoms with Gasteiger partial charge in [-0.3, -0.25) is 14.8 Å². The van der Waals surface area contributed by atoms with E-state index in [1.165, 1.54) is 6.33 Å². The number of nitrogens with one attached hydrogen (secondary N) is 1. The molecule has 1 heterocycles. The topological polar surface area (TPSA) is 115 Å². The Balaban J connectivity index is 2.27. The van der Waals surface area contributed by atoms with Gasteiger partial charge < -0.3 is 0 Å². The van der Waals surface area contributed by atoms with Gasteiger partial charge in [-0.25, -0.2) is 13.4 Å². The zero-order valence-electron chi connectivity index (χ0n) is 8.68. The van der Waals surface area contributed by atoms with Crippen molar-refractivity contribution in [3.63, 3.8) is 0 Å². The van der Waals surface area contributed by atoms with E-state index in [9.17, 15) is 18.5 Å². The molecule has 0 radical (unpaired) electrons. The number of sulfonamides is 1. The van der Waals surface area contributed by atoms with Gasteiger partial charge >= 0.3 is 0 Å². The third-order valence-corrected chi connectivity index (χ3v) is 4.00. The SMILES string of the molecule is O=[N+]([O-])c1ccc(S(=O)(=O)Nc2ncns2)cc1. The summed E-state index contributed by atoms with van der Waals surface area (Å²) >= 11 is 0.893. The summed E-state index contributed by atoms with van der Waals surface area (Å²) < 4.78 is 29.5. The highest BCUT2D eigenvalue weighted by molar-refractivity contribution is 7.93. The largest absolute Gasteiger partial charge is 0.269 e. The molecule has 2 aromatic rings. The van der Waals surface area contributed by atoms with E-state index in [4.69, 9.17) is 0 Å². The van der Waals surface area contributed by atoms with Gasteiger partial charge in [-0.15, -0.1) is 0 Å². The van der Waals surface area contributed by atoms with Gasteiger partial charge in [0.2, 0.25) is 5.13 Å². The lowest BCUT2D eigenvalue weighted by atomic mass is 10.3. The van der Waals surface area contributed by atoms with Crippen molar-refractivity contribution in [3.05, 3.63) is 40.7 Å². The monoisotopic (exact) mass is 286 g/mol. The Hall–Kier alpha value is -2.07. The fourth-order valence-corrected chi connectivity index (χ4v) is 2.80. The van der Waals surface area contributed by atoms with Crippen LogP contribution in [-0.4, -0.2) is 22.7 Å². The van der Waals surface area contributed by atoms with Crippen molar-refractivity contribution in [1.82, 2.24) is 9.36 Å². The van der Waals surface area contributed by atoms with E-state index >= 15 is 0 Å². The number of nitro groups is 1. The van der Waals surface area contributed by atoms with Crippen LogP contribution in [0.15, 0.2) is 35.5 Å². The first-order chi connectivity index (χ1) is 8.49. The fourth-order valence-electron chi connectivity index (χ4n) is 1.14. The average Bonchev–Trinajstić information content (AvgIpc) is 2.81. The van der Waals surface area contributed by atoms with Crippen LogP contribution < -0.4 is 4.72 Å². The van der Waals surface area contributed by atoms with Gasteiger partial charge in [-0.2, -0.15) is 4.37 Å². The number of aromatic nitrogens is 2. The number of hydrogen-bond donors (Lipinski definition) is 1. The molecule has 0 saturated heterocycles. The highest BCUT2D eigenvalue weighted by atomic mass is 32.2. The van der Waals surface area contributed by atoms with Crippen molar-refractivity contribution in [2.24, 2.45) is 0 Å². The van der Waals surface area contributed by atoms with E-state index in [1.807, 2.05) is 0 Å². The zero-order chi connectivity index (χ0) is 13.2. The van der Waals surface area contributed by atoms with Crippen LogP contribution in [0.3, 0.4) is 0 Å². The van der Waals surface area contributed by atoms with Crippen LogP contribution in [0.4, 0.5) is 10.8 Å². The fraction of sp³-hybridized carbons (Fsp3) is 0. The molecular weight excluding hydrogens is 280 g/mol. The molecule has 0 amide bonds. The molecule has 1 aromatic carbocycles. The van der Waals surface area contributed by atoms with Crippen LogP contribution >= 0.6 is 11.5 Å². The molecule has 0 saturated carbocycles. The first kappa shape index (κ1) is 12.4. The van der Waals surface area contributed by atoms with E-state index in [1.54, 1.807) is 0 Å². The minimum atomic E-state index is -3.79. The Morgan fingerprint density at radius 1 is 1.28 bits per heavy atom. The van der Waals surface area contributed by atoms with Crippen molar-refractivity contribution in [3.8, 4) is 0 Å². The quantitative estimate of drug-likeness (QED) is 0.668. The van der Waals surface area contributed by atoms with E-state index < -0.39 is 14.9 Å². The van der Waals surface area contributed by atoms with E-state index in [0.717, 1.165) is 35.8 Å². The van der Waals surface area contributed by atoms with E-state index in [0.29, 0.717) is 0 Å². The maximum Gasteiger partial charge on any atom is 0.269 e. The lowest BCUT2D eigenvalue weighted by molar-refractivity contribution is -0.384. The van der Waals surface area contributed by atoms with Crippen molar-refractivity contribution >= 4 is 32.4 Å². The van der Waals surface area contributed by atoms with Crippen molar-refractivity contribution in [2.75, 3.05) is 4.72 Å². The second kappa shape index (κ2) is 4.66. The summed E-state index contributed by atoms with van der Waals surface area (Å²) in [6.07, 6.45) is 1.22. The van der Waals surface area contributed by atoms with Gasteiger partial charge in [-0.05, 0) is 12.1 Å². The van der Waals surface area contributed by atoms with Gasteiger partial charge in [0.1, 0.15) is 6.33 Å². The van der Waals surface area contributed by atoms with Gasteiger partial charge in [0.25, 0.3) is 15.7 Å². The molecule has 8 nitrogen and oxygen atoms in total. The first-order valence-corrected chi connectivity index (χ1v) is 6.78. The van der Waals surface area contributed by atoms with Crippen LogP contribution in [0, 0.1) is 10.1 Å². The number of non-ortho nitro benzene ring substituents is 1. The van der Waals surface area contributed by atoms with E-state index in [-0.39, 0.29) is 15.7 Å². The Kier molecular flexibility index (Phi) is 3.21. The Morgan fingerprint density at radius 2 is 1.94 bits per heavy atom. The Morgan fingerprint density at radius 3 is 2.44 bits per heavy atom. The third-order valence-electron chi connectivity index (χ3n) is 1.94. The van der Waals surface area contributed by atoms with Crippen molar-refractivity contribution in [2.45, 2.75) is 4.90 Å². The summed E-state index contributed by atoms with van der Waals surface area (Å²) in [5, 5.41) is 10.6. The van der Waals surface area contributed by atoms with Crippen LogP contribution in [-0.2, 0) is 10.0 Å². The molecule has 0 atom stereocenters. The van der Waals surface area contributed by atoms with Crippen molar-refractivity contribution in [1.29, 1.82) is 0 Å². The Labute approximate surface area is 106 Å². The molecule has 0 aliphatic rings. The average molecular weight is 286 g/mol. The summed E-state index contributed by atoms with van der Waals surface area (Å²) in [5.74, 6) is 0. The number of anilines is 1. The molecule has 0 aliphatic carbocycles. The third kappa shape index (κ3) is 2.60. The van der Waals surface area contributed by atoms with Gasteiger partial charge in [0.15, 0.2) is 0 Å². The Bertz CT molecular complexity index is 651. The number of rotatable bonds is 4. The molecule has 0 spiro atoms. The molecule has 0 unspecified atom stereocenters. The first-order valence-electron chi connectivity index (χ1n) is 4.53. The van der Waals surface area contributed by atoms with Gasteiger partial charge in [0.05, 0.1) is 9.82 Å². The zero-order valence-corrected chi connectivity index (χ0v) is 10.3. The normalized spacial score (nSPS) is 11.1. The summed E-state index contributed by atoms with van der Waals surface area (Å²) in [7, 11) is -3.79. The molecule has 0 bridgehead atoms. The summed E-state index contributed by atoms with van der Waals surface area (Å²) in [6, 6.07) is 4.55. The highest BCUT2D eigenvalue weighted by Crippen LogP contribution is 2.19. The highest BCUT2D eigenvalue weighted by Gasteiger charge is 2.17. The molecular formula is C8H6N4O4S2. The standard InChI is InChI=1S/C8H6N4O4S2/c13-12(14)6-1-3-7(4-2-6)18(15,16)11-8-9-5-10-17-8/h1-5H,(H,9,10,11). The number of nitro benzene ring substituents is 1. The van der Waals surface area contributed by atoms with Gasteiger partial charge in [-0.1, -0.05) is 0 Å².